The number of carbonyl (C=O) groups excluding carboxylic acids is 1. The summed E-state index contributed by atoms with van der Waals surface area (Å²) < 4.78 is 14.6. The number of nitrogens with one attached hydrogen (secondary N) is 1. The van der Waals surface area contributed by atoms with Crippen LogP contribution in [0.1, 0.15) is 53.6 Å². The molecule has 1 spiro atoms. The van der Waals surface area contributed by atoms with Gasteiger partial charge in [-0.3, -0.25) is 19.8 Å². The number of rotatable bonds is 3. The average molecular weight is 359 g/mol. The van der Waals surface area contributed by atoms with E-state index in [4.69, 9.17) is 5.21 Å². The van der Waals surface area contributed by atoms with Crippen LogP contribution in [0.3, 0.4) is 0 Å². The number of fused-ring (bicyclic) bond motifs is 1. The minimum absolute atomic E-state index is 0.187. The normalized spacial score (nSPS) is 28.0. The second-order valence-corrected chi connectivity index (χ2v) is 8.79. The van der Waals surface area contributed by atoms with Crippen LogP contribution in [0, 0.1) is 11.2 Å². The van der Waals surface area contributed by atoms with Crippen LogP contribution >= 0.6 is 0 Å². The zero-order valence-corrected chi connectivity index (χ0v) is 15.0. The predicted molar refractivity (Wildman–Crippen MR) is 94.4 cm³/mol. The number of halogens is 1. The highest BCUT2D eigenvalue weighted by atomic mass is 19.1. The molecule has 0 bridgehead atoms. The Labute approximate surface area is 153 Å². The fourth-order valence-corrected chi connectivity index (χ4v) is 5.44. The number of amides is 1. The zero-order valence-electron chi connectivity index (χ0n) is 15.0. The summed E-state index contributed by atoms with van der Waals surface area (Å²) in [6.07, 6.45) is 7.31. The molecule has 4 aliphatic rings. The van der Waals surface area contributed by atoms with Gasteiger partial charge in [-0.1, -0.05) is 0 Å². The Morgan fingerprint density at radius 2 is 2.00 bits per heavy atom. The van der Waals surface area contributed by atoms with Crippen molar-refractivity contribution in [1.82, 2.24) is 15.3 Å². The van der Waals surface area contributed by atoms with Gasteiger partial charge in [0.05, 0.1) is 0 Å². The Morgan fingerprint density at radius 1 is 1.19 bits per heavy atom. The van der Waals surface area contributed by atoms with Crippen molar-refractivity contribution in [1.29, 1.82) is 0 Å². The molecule has 5 nitrogen and oxygen atoms in total. The summed E-state index contributed by atoms with van der Waals surface area (Å²) >= 11 is 0. The number of hydrogen-bond acceptors (Lipinski definition) is 4. The van der Waals surface area contributed by atoms with E-state index in [0.717, 1.165) is 30.1 Å². The van der Waals surface area contributed by atoms with Crippen molar-refractivity contribution in [2.24, 2.45) is 5.41 Å². The predicted octanol–water partition coefficient (Wildman–Crippen LogP) is 2.32. The molecule has 140 valence electrons. The van der Waals surface area contributed by atoms with Crippen molar-refractivity contribution in [2.45, 2.75) is 57.2 Å². The maximum Gasteiger partial charge on any atom is 0.274 e. The molecule has 1 atom stereocenters. The first kappa shape index (κ1) is 16.7. The van der Waals surface area contributed by atoms with E-state index >= 15 is 0 Å². The number of carbonyl (C=O) groups is 1. The second-order valence-electron chi connectivity index (χ2n) is 8.79. The third-order valence-corrected chi connectivity index (χ3v) is 7.01. The SMILES string of the molecule is O=C(NO)c1cc(F)c2c(c1)CCN(C1CCC3(C1)CN(C1CC1)C3)C2. The van der Waals surface area contributed by atoms with E-state index < -0.39 is 5.91 Å². The van der Waals surface area contributed by atoms with Crippen molar-refractivity contribution in [2.75, 3.05) is 19.6 Å². The van der Waals surface area contributed by atoms with Crippen molar-refractivity contribution in [3.05, 3.63) is 34.6 Å². The Hall–Kier alpha value is -1.50. The second kappa shape index (κ2) is 6.01. The average Bonchev–Trinajstić information content (AvgIpc) is 3.37. The smallest absolute Gasteiger partial charge is 0.274 e. The van der Waals surface area contributed by atoms with Crippen molar-refractivity contribution in [3.8, 4) is 0 Å². The van der Waals surface area contributed by atoms with Gasteiger partial charge in [-0.05, 0) is 61.6 Å². The van der Waals surface area contributed by atoms with Gasteiger partial charge in [0.15, 0.2) is 0 Å². The lowest BCUT2D eigenvalue weighted by Crippen LogP contribution is -2.56. The topological polar surface area (TPSA) is 55.8 Å². The van der Waals surface area contributed by atoms with Crippen molar-refractivity contribution in [3.63, 3.8) is 0 Å². The molecule has 6 heteroatoms. The highest BCUT2D eigenvalue weighted by Crippen LogP contribution is 2.50. The van der Waals surface area contributed by atoms with Gasteiger partial charge < -0.3 is 0 Å². The lowest BCUT2D eigenvalue weighted by molar-refractivity contribution is -0.00734. The van der Waals surface area contributed by atoms with E-state index in [1.807, 2.05) is 0 Å². The van der Waals surface area contributed by atoms with Crippen LogP contribution in [-0.2, 0) is 13.0 Å². The Bertz CT molecular complexity index is 743. The van der Waals surface area contributed by atoms with Crippen LogP contribution in [0.2, 0.25) is 0 Å². The van der Waals surface area contributed by atoms with Gasteiger partial charge in [-0.25, -0.2) is 9.87 Å². The summed E-state index contributed by atoms with van der Waals surface area (Å²) in [5.74, 6) is -0.987. The zero-order chi connectivity index (χ0) is 17.9. The molecule has 3 fully saturated rings. The molecule has 1 unspecified atom stereocenters. The summed E-state index contributed by atoms with van der Waals surface area (Å²) in [5.41, 5.74) is 3.92. The van der Waals surface area contributed by atoms with Gasteiger partial charge >= 0.3 is 0 Å². The van der Waals surface area contributed by atoms with E-state index in [0.29, 0.717) is 18.0 Å². The maximum absolute atomic E-state index is 14.6. The molecule has 1 amide bonds. The molecule has 2 aliphatic carbocycles. The summed E-state index contributed by atoms with van der Waals surface area (Å²) in [7, 11) is 0. The summed E-state index contributed by atoms with van der Waals surface area (Å²) in [4.78, 5) is 16.7. The number of hydroxylamine groups is 1. The highest BCUT2D eigenvalue weighted by molar-refractivity contribution is 5.93. The summed E-state index contributed by atoms with van der Waals surface area (Å²) in [6, 6.07) is 4.39. The molecule has 5 rings (SSSR count). The quantitative estimate of drug-likeness (QED) is 0.642. The van der Waals surface area contributed by atoms with Crippen LogP contribution in [0.15, 0.2) is 12.1 Å². The summed E-state index contributed by atoms with van der Waals surface area (Å²) in [5, 5.41) is 8.77. The van der Waals surface area contributed by atoms with Gasteiger partial charge in [0.1, 0.15) is 5.82 Å². The minimum atomic E-state index is -0.655. The molecule has 0 radical (unpaired) electrons. The number of benzene rings is 1. The molecule has 2 N–H and O–H groups in total. The Balaban J connectivity index is 1.27. The Kier molecular flexibility index (Phi) is 3.85. The minimum Gasteiger partial charge on any atom is -0.299 e. The molecule has 2 aliphatic heterocycles. The molecular weight excluding hydrogens is 333 g/mol. The van der Waals surface area contributed by atoms with Gasteiger partial charge in [0.25, 0.3) is 5.91 Å². The van der Waals surface area contributed by atoms with E-state index in [2.05, 4.69) is 9.80 Å². The van der Waals surface area contributed by atoms with Gasteiger partial charge in [-0.15, -0.1) is 0 Å². The highest BCUT2D eigenvalue weighted by Gasteiger charge is 2.52. The standard InChI is InChI=1S/C20H26FN3O2/c21-18-8-14(19(25)22-26)7-13-4-6-23(10-17(13)18)16-3-5-20(9-16)11-24(12-20)15-1-2-15/h7-8,15-16,26H,1-6,9-12H2,(H,22,25). The number of hydrogen-bond donors (Lipinski definition) is 2. The lowest BCUT2D eigenvalue weighted by atomic mass is 9.77. The number of likely N-dealkylation sites (tertiary alicyclic amines) is 1. The van der Waals surface area contributed by atoms with Crippen LogP contribution in [-0.4, -0.2) is 52.6 Å². The molecular formula is C20H26FN3O2. The monoisotopic (exact) mass is 359 g/mol. The van der Waals surface area contributed by atoms with Crippen LogP contribution < -0.4 is 5.48 Å². The van der Waals surface area contributed by atoms with Gasteiger partial charge in [-0.2, -0.15) is 0 Å². The molecule has 26 heavy (non-hydrogen) atoms. The lowest BCUT2D eigenvalue weighted by Gasteiger charge is -2.49. The van der Waals surface area contributed by atoms with Crippen molar-refractivity contribution < 1.29 is 14.4 Å². The largest absolute Gasteiger partial charge is 0.299 e. The molecule has 2 saturated carbocycles. The first-order valence-electron chi connectivity index (χ1n) is 9.81. The van der Waals surface area contributed by atoms with Crippen LogP contribution in [0.4, 0.5) is 4.39 Å². The summed E-state index contributed by atoms with van der Waals surface area (Å²) in [6.45, 7) is 4.10. The van der Waals surface area contributed by atoms with E-state index in [9.17, 15) is 9.18 Å². The third-order valence-electron chi connectivity index (χ3n) is 7.01. The first-order valence-corrected chi connectivity index (χ1v) is 9.81. The van der Waals surface area contributed by atoms with Crippen LogP contribution in [0.25, 0.3) is 0 Å². The molecule has 1 aromatic rings. The first-order chi connectivity index (χ1) is 12.6. The molecule has 2 heterocycles. The molecule has 1 aromatic carbocycles. The number of nitrogens with zero attached hydrogens (tertiary/aromatic N) is 2. The third kappa shape index (κ3) is 2.75. The van der Waals surface area contributed by atoms with E-state index in [-0.39, 0.29) is 11.4 Å². The Morgan fingerprint density at radius 3 is 2.73 bits per heavy atom. The maximum atomic E-state index is 14.6. The van der Waals surface area contributed by atoms with Gasteiger partial charge in [0.2, 0.25) is 0 Å². The van der Waals surface area contributed by atoms with E-state index in [1.54, 1.807) is 11.5 Å². The fourth-order valence-electron chi connectivity index (χ4n) is 5.44. The molecule has 1 saturated heterocycles. The van der Waals surface area contributed by atoms with Crippen LogP contribution in [0.5, 0.6) is 0 Å². The fraction of sp³-hybridized carbons (Fsp3) is 0.650. The molecule has 0 aromatic heterocycles. The van der Waals surface area contributed by atoms with Gasteiger partial charge in [0, 0.05) is 49.4 Å². The van der Waals surface area contributed by atoms with E-state index in [1.165, 1.54) is 51.3 Å². The van der Waals surface area contributed by atoms with Crippen molar-refractivity contribution >= 4 is 5.91 Å².